The molecule has 0 unspecified atom stereocenters. The van der Waals surface area contributed by atoms with Crippen LogP contribution < -0.4 is 0 Å². The summed E-state index contributed by atoms with van der Waals surface area (Å²) in [6.07, 6.45) is 5.27. The molecule has 0 saturated carbocycles. The average molecular weight is 321 g/mol. The average Bonchev–Trinajstić information content (AvgIpc) is 3.09. The van der Waals surface area contributed by atoms with Gasteiger partial charge in [0.05, 0.1) is 18.2 Å². The second-order valence-electron chi connectivity index (χ2n) is 5.00. The molecule has 4 nitrogen and oxygen atoms in total. The fourth-order valence-electron chi connectivity index (χ4n) is 2.23. The van der Waals surface area contributed by atoms with E-state index in [0.717, 1.165) is 16.7 Å². The Morgan fingerprint density at radius 1 is 1.13 bits per heavy atom. The number of benzene rings is 2. The van der Waals surface area contributed by atoms with Gasteiger partial charge in [-0.1, -0.05) is 35.9 Å². The lowest BCUT2D eigenvalue weighted by atomic mass is 10.0. The van der Waals surface area contributed by atoms with E-state index < -0.39 is 0 Å². The van der Waals surface area contributed by atoms with E-state index in [4.69, 9.17) is 16.9 Å². The summed E-state index contributed by atoms with van der Waals surface area (Å²) < 4.78 is 1.77. The normalized spacial score (nSPS) is 11.2. The minimum absolute atomic E-state index is 0.599. The van der Waals surface area contributed by atoms with Gasteiger partial charge < -0.3 is 0 Å². The van der Waals surface area contributed by atoms with Crippen LogP contribution in [-0.2, 0) is 6.54 Å². The largest absolute Gasteiger partial charge is 0.249 e. The highest BCUT2D eigenvalue weighted by atomic mass is 35.5. The Labute approximate surface area is 139 Å². The van der Waals surface area contributed by atoms with Gasteiger partial charge in [0.2, 0.25) is 0 Å². The number of nitriles is 1. The van der Waals surface area contributed by atoms with Crippen molar-refractivity contribution in [1.29, 1.82) is 5.26 Å². The first-order chi connectivity index (χ1) is 11.2. The molecule has 3 aromatic rings. The van der Waals surface area contributed by atoms with Crippen LogP contribution in [0.1, 0.15) is 16.7 Å². The molecular formula is C18H13ClN4. The van der Waals surface area contributed by atoms with Crippen LogP contribution in [0.5, 0.6) is 0 Å². The zero-order valence-corrected chi connectivity index (χ0v) is 13.0. The van der Waals surface area contributed by atoms with Crippen molar-refractivity contribution in [3.63, 3.8) is 0 Å². The summed E-state index contributed by atoms with van der Waals surface area (Å²) in [6, 6.07) is 17.3. The van der Waals surface area contributed by atoms with Gasteiger partial charge in [-0.25, -0.2) is 9.67 Å². The zero-order chi connectivity index (χ0) is 16.1. The van der Waals surface area contributed by atoms with Crippen molar-refractivity contribution < 1.29 is 0 Å². The van der Waals surface area contributed by atoms with Crippen LogP contribution in [0.2, 0.25) is 5.02 Å². The molecule has 0 saturated heterocycles. The molecule has 0 amide bonds. The van der Waals surface area contributed by atoms with Crippen LogP contribution in [0.25, 0.3) is 11.6 Å². The van der Waals surface area contributed by atoms with Crippen LogP contribution in [0.4, 0.5) is 0 Å². The fourth-order valence-corrected chi connectivity index (χ4v) is 2.35. The van der Waals surface area contributed by atoms with Crippen LogP contribution in [0.3, 0.4) is 0 Å². The molecule has 112 valence electrons. The Balaban J connectivity index is 1.97. The van der Waals surface area contributed by atoms with E-state index in [0.29, 0.717) is 17.1 Å². The highest BCUT2D eigenvalue weighted by molar-refractivity contribution is 6.30. The van der Waals surface area contributed by atoms with Crippen molar-refractivity contribution in [2.75, 3.05) is 0 Å². The highest BCUT2D eigenvalue weighted by Crippen LogP contribution is 2.22. The summed E-state index contributed by atoms with van der Waals surface area (Å²) in [5, 5.41) is 13.8. The maximum absolute atomic E-state index is 8.89. The summed E-state index contributed by atoms with van der Waals surface area (Å²) in [5.41, 5.74) is 3.81. The molecule has 23 heavy (non-hydrogen) atoms. The quantitative estimate of drug-likeness (QED) is 0.682. The van der Waals surface area contributed by atoms with Crippen molar-refractivity contribution in [1.82, 2.24) is 14.8 Å². The minimum Gasteiger partial charge on any atom is -0.249 e. The Morgan fingerprint density at radius 2 is 1.87 bits per heavy atom. The standard InChI is InChI=1S/C18H13ClN4/c19-18-7-5-16(6-8-18)17(11-23-13-21-12-22-23)9-14-1-3-15(10-20)4-2-14/h1-9,12-13H,11H2. The third-order valence-electron chi connectivity index (χ3n) is 3.39. The number of rotatable bonds is 4. The fraction of sp³-hybridized carbons (Fsp3) is 0.0556. The summed E-state index contributed by atoms with van der Waals surface area (Å²) in [5.74, 6) is 0. The number of hydrogen-bond donors (Lipinski definition) is 0. The number of hydrogen-bond acceptors (Lipinski definition) is 3. The van der Waals surface area contributed by atoms with Gasteiger partial charge >= 0.3 is 0 Å². The first kappa shape index (κ1) is 15.0. The number of nitrogens with zero attached hydrogens (tertiary/aromatic N) is 4. The predicted octanol–water partition coefficient (Wildman–Crippen LogP) is 4.04. The zero-order valence-electron chi connectivity index (χ0n) is 12.2. The Morgan fingerprint density at radius 3 is 2.48 bits per heavy atom. The van der Waals surface area contributed by atoms with E-state index in [1.54, 1.807) is 23.1 Å². The van der Waals surface area contributed by atoms with E-state index in [9.17, 15) is 0 Å². The maximum Gasteiger partial charge on any atom is 0.137 e. The Kier molecular flexibility index (Phi) is 4.51. The monoisotopic (exact) mass is 320 g/mol. The summed E-state index contributed by atoms with van der Waals surface area (Å²) >= 11 is 5.98. The first-order valence-electron chi connectivity index (χ1n) is 7.04. The van der Waals surface area contributed by atoms with Gasteiger partial charge in [0.15, 0.2) is 0 Å². The lowest BCUT2D eigenvalue weighted by molar-refractivity contribution is 0.711. The maximum atomic E-state index is 8.89. The molecule has 0 spiro atoms. The van der Waals surface area contributed by atoms with Crippen LogP contribution >= 0.6 is 11.6 Å². The number of allylic oxidation sites excluding steroid dienone is 1. The van der Waals surface area contributed by atoms with Gasteiger partial charge in [0.1, 0.15) is 12.7 Å². The van der Waals surface area contributed by atoms with Crippen LogP contribution in [0, 0.1) is 11.3 Å². The highest BCUT2D eigenvalue weighted by Gasteiger charge is 2.05. The molecule has 3 rings (SSSR count). The van der Waals surface area contributed by atoms with E-state index in [-0.39, 0.29) is 0 Å². The van der Waals surface area contributed by atoms with E-state index in [2.05, 4.69) is 22.2 Å². The SMILES string of the molecule is N#Cc1ccc(C=C(Cn2cncn2)c2ccc(Cl)cc2)cc1. The molecular weight excluding hydrogens is 308 g/mol. The second kappa shape index (κ2) is 6.91. The van der Waals surface area contributed by atoms with Crippen molar-refractivity contribution in [2.24, 2.45) is 0 Å². The van der Waals surface area contributed by atoms with Crippen molar-refractivity contribution in [3.05, 3.63) is 82.9 Å². The van der Waals surface area contributed by atoms with Gasteiger partial charge in [-0.05, 0) is 47.0 Å². The molecule has 1 aromatic heterocycles. The van der Waals surface area contributed by atoms with Crippen molar-refractivity contribution in [3.8, 4) is 6.07 Å². The molecule has 0 N–H and O–H groups in total. The summed E-state index contributed by atoms with van der Waals surface area (Å²) in [4.78, 5) is 3.98. The second-order valence-corrected chi connectivity index (χ2v) is 5.44. The third-order valence-corrected chi connectivity index (χ3v) is 3.65. The van der Waals surface area contributed by atoms with Crippen molar-refractivity contribution >= 4 is 23.3 Å². The van der Waals surface area contributed by atoms with Gasteiger partial charge in [-0.2, -0.15) is 10.4 Å². The molecule has 0 radical (unpaired) electrons. The van der Waals surface area contributed by atoms with Gasteiger partial charge in [0, 0.05) is 5.02 Å². The smallest absolute Gasteiger partial charge is 0.137 e. The van der Waals surface area contributed by atoms with Gasteiger partial charge in [-0.3, -0.25) is 0 Å². The van der Waals surface area contributed by atoms with Crippen LogP contribution in [0.15, 0.2) is 61.2 Å². The lowest BCUT2D eigenvalue weighted by Crippen LogP contribution is -2.01. The van der Waals surface area contributed by atoms with E-state index >= 15 is 0 Å². The van der Waals surface area contributed by atoms with Crippen molar-refractivity contribution in [2.45, 2.75) is 6.54 Å². The molecule has 0 bridgehead atoms. The molecule has 0 fully saturated rings. The van der Waals surface area contributed by atoms with E-state index in [1.165, 1.54) is 6.33 Å². The molecule has 1 heterocycles. The molecule has 0 aliphatic heterocycles. The van der Waals surface area contributed by atoms with E-state index in [1.807, 2.05) is 36.4 Å². The molecule has 5 heteroatoms. The minimum atomic E-state index is 0.599. The van der Waals surface area contributed by atoms with Gasteiger partial charge in [0.25, 0.3) is 0 Å². The number of halogens is 1. The molecule has 0 aliphatic rings. The lowest BCUT2D eigenvalue weighted by Gasteiger charge is -2.09. The molecule has 0 atom stereocenters. The first-order valence-corrected chi connectivity index (χ1v) is 7.41. The molecule has 0 aliphatic carbocycles. The summed E-state index contributed by atoms with van der Waals surface area (Å²) in [6.45, 7) is 0.599. The van der Waals surface area contributed by atoms with Gasteiger partial charge in [-0.15, -0.1) is 0 Å². The number of aromatic nitrogens is 3. The predicted molar refractivity (Wildman–Crippen MR) is 90.5 cm³/mol. The Bertz CT molecular complexity index is 842. The summed E-state index contributed by atoms with van der Waals surface area (Å²) in [7, 11) is 0. The van der Waals surface area contributed by atoms with Crippen LogP contribution in [-0.4, -0.2) is 14.8 Å². The topological polar surface area (TPSA) is 54.5 Å². The Hall–Kier alpha value is -2.90. The molecule has 2 aromatic carbocycles. The third kappa shape index (κ3) is 3.85.